The van der Waals surface area contributed by atoms with Crippen LogP contribution >= 0.6 is 0 Å². The summed E-state index contributed by atoms with van der Waals surface area (Å²) in [6.07, 6.45) is 6.39. The Bertz CT molecular complexity index is 653. The van der Waals surface area contributed by atoms with E-state index in [0.717, 1.165) is 0 Å². The second-order valence-electron chi connectivity index (χ2n) is 2.71. The van der Waals surface area contributed by atoms with Gasteiger partial charge in [0.1, 0.15) is 0 Å². The Kier molecular flexibility index (Phi) is 1.54. The highest BCUT2D eigenvalue weighted by molar-refractivity contribution is 5.68. The van der Waals surface area contributed by atoms with Crippen molar-refractivity contribution < 1.29 is 0 Å². The molecular formula is C8H6N4O2. The molecule has 0 radical (unpaired) electrons. The highest BCUT2D eigenvalue weighted by Gasteiger charge is 2.10. The third kappa shape index (κ3) is 0.835. The lowest BCUT2D eigenvalue weighted by atomic mass is 10.5. The maximum Gasteiger partial charge on any atom is 0.344 e. The van der Waals surface area contributed by atoms with Gasteiger partial charge in [-0.3, -0.25) is 9.36 Å². The van der Waals surface area contributed by atoms with E-state index in [2.05, 4.69) is 9.97 Å². The number of imidazole rings is 1. The fourth-order valence-corrected chi connectivity index (χ4v) is 1.25. The zero-order valence-electron chi connectivity index (χ0n) is 7.31. The van der Waals surface area contributed by atoms with Crippen LogP contribution in [0.15, 0.2) is 15.9 Å². The van der Waals surface area contributed by atoms with Gasteiger partial charge in [0.15, 0.2) is 11.2 Å². The lowest BCUT2D eigenvalue weighted by Crippen LogP contribution is -2.36. The average molecular weight is 190 g/mol. The molecule has 0 aromatic carbocycles. The minimum atomic E-state index is -0.572. The van der Waals surface area contributed by atoms with Crippen molar-refractivity contribution in [3.63, 3.8) is 0 Å². The summed E-state index contributed by atoms with van der Waals surface area (Å²) in [4.78, 5) is 29.5. The lowest BCUT2D eigenvalue weighted by molar-refractivity contribution is 0.780. The standard InChI is InChI=1S/C8H6N4O2/c1-3-12-7(13)5-6(10-4-9-5)11(2)8(12)14/h1,4H,2H3,(H,9,10). The van der Waals surface area contributed by atoms with Gasteiger partial charge in [-0.05, 0) is 0 Å². The summed E-state index contributed by atoms with van der Waals surface area (Å²) in [5.74, 6) is 0. The molecular weight excluding hydrogens is 184 g/mol. The van der Waals surface area contributed by atoms with Crippen LogP contribution in [0.4, 0.5) is 0 Å². The first kappa shape index (κ1) is 8.31. The van der Waals surface area contributed by atoms with Gasteiger partial charge >= 0.3 is 5.69 Å². The molecule has 2 rings (SSSR count). The number of aromatic nitrogens is 4. The van der Waals surface area contributed by atoms with E-state index >= 15 is 0 Å². The van der Waals surface area contributed by atoms with E-state index < -0.39 is 11.2 Å². The number of aromatic amines is 1. The number of aryl methyl sites for hydroxylation is 1. The van der Waals surface area contributed by atoms with Gasteiger partial charge in [0, 0.05) is 13.1 Å². The SMILES string of the molecule is C#Cn1c(=O)c2[nH]cnc2n(C)c1=O. The number of terminal acetylenes is 1. The van der Waals surface area contributed by atoms with Crippen molar-refractivity contribution in [2.75, 3.05) is 0 Å². The Hall–Kier alpha value is -2.29. The second-order valence-corrected chi connectivity index (χ2v) is 2.71. The molecule has 2 aromatic heterocycles. The number of nitrogens with one attached hydrogen (secondary N) is 1. The van der Waals surface area contributed by atoms with Crippen LogP contribution in [0.5, 0.6) is 0 Å². The third-order valence-electron chi connectivity index (χ3n) is 1.96. The number of hydrogen-bond acceptors (Lipinski definition) is 3. The summed E-state index contributed by atoms with van der Waals surface area (Å²) in [7, 11) is 1.50. The van der Waals surface area contributed by atoms with Crippen molar-refractivity contribution in [2.24, 2.45) is 7.05 Å². The summed E-state index contributed by atoms with van der Waals surface area (Å²) >= 11 is 0. The van der Waals surface area contributed by atoms with Gasteiger partial charge in [0.25, 0.3) is 5.56 Å². The lowest BCUT2D eigenvalue weighted by Gasteiger charge is -1.99. The average Bonchev–Trinajstić information content (AvgIpc) is 2.64. The molecule has 70 valence electrons. The topological polar surface area (TPSA) is 72.7 Å². The minimum absolute atomic E-state index is 0.227. The molecule has 0 aliphatic carbocycles. The molecule has 14 heavy (non-hydrogen) atoms. The Morgan fingerprint density at radius 2 is 2.29 bits per heavy atom. The molecule has 6 heteroatoms. The van der Waals surface area contributed by atoms with E-state index in [1.807, 2.05) is 6.04 Å². The number of hydrogen-bond donors (Lipinski definition) is 1. The number of H-pyrrole nitrogens is 1. The van der Waals surface area contributed by atoms with E-state index in [4.69, 9.17) is 6.42 Å². The molecule has 2 aromatic rings. The van der Waals surface area contributed by atoms with Gasteiger partial charge < -0.3 is 4.98 Å². The molecule has 0 fully saturated rings. The van der Waals surface area contributed by atoms with Gasteiger partial charge in [-0.25, -0.2) is 9.78 Å². The molecule has 0 atom stereocenters. The maximum atomic E-state index is 11.5. The van der Waals surface area contributed by atoms with E-state index in [1.165, 1.54) is 17.9 Å². The Labute approximate surface area is 77.8 Å². The van der Waals surface area contributed by atoms with Crippen molar-refractivity contribution in [3.05, 3.63) is 27.2 Å². The molecule has 0 aliphatic heterocycles. The van der Waals surface area contributed by atoms with Gasteiger partial charge in [-0.2, -0.15) is 4.57 Å². The first-order chi connectivity index (χ1) is 6.66. The Balaban J connectivity index is 3.21. The second kappa shape index (κ2) is 2.60. The molecule has 0 amide bonds. The third-order valence-corrected chi connectivity index (χ3v) is 1.96. The van der Waals surface area contributed by atoms with Crippen LogP contribution in [0.2, 0.25) is 0 Å². The van der Waals surface area contributed by atoms with Gasteiger partial charge in [0.05, 0.1) is 6.33 Å². The number of rotatable bonds is 0. The molecule has 0 bridgehead atoms. The van der Waals surface area contributed by atoms with Crippen molar-refractivity contribution in [2.45, 2.75) is 0 Å². The van der Waals surface area contributed by atoms with E-state index in [1.54, 1.807) is 0 Å². The quantitative estimate of drug-likeness (QED) is 0.534. The van der Waals surface area contributed by atoms with E-state index in [0.29, 0.717) is 10.2 Å². The van der Waals surface area contributed by atoms with Crippen molar-refractivity contribution in [3.8, 4) is 12.5 Å². The minimum Gasteiger partial charge on any atom is -0.339 e. The van der Waals surface area contributed by atoms with Crippen LogP contribution in [-0.4, -0.2) is 19.1 Å². The van der Waals surface area contributed by atoms with E-state index in [9.17, 15) is 9.59 Å². The van der Waals surface area contributed by atoms with Crippen LogP contribution in [0.25, 0.3) is 11.2 Å². The first-order valence-electron chi connectivity index (χ1n) is 3.78. The molecule has 0 saturated heterocycles. The van der Waals surface area contributed by atoms with Crippen LogP contribution < -0.4 is 11.2 Å². The molecule has 0 saturated carbocycles. The zero-order valence-corrected chi connectivity index (χ0v) is 7.31. The maximum absolute atomic E-state index is 11.5. The van der Waals surface area contributed by atoms with E-state index in [-0.39, 0.29) is 5.52 Å². The van der Waals surface area contributed by atoms with Crippen molar-refractivity contribution in [1.82, 2.24) is 19.1 Å². The van der Waals surface area contributed by atoms with Crippen molar-refractivity contribution >= 4 is 11.2 Å². The van der Waals surface area contributed by atoms with Crippen molar-refractivity contribution in [1.29, 1.82) is 0 Å². The molecule has 2 heterocycles. The number of nitrogens with zero attached hydrogens (tertiary/aromatic N) is 3. The molecule has 0 unspecified atom stereocenters. The van der Waals surface area contributed by atoms with Gasteiger partial charge in [-0.15, -0.1) is 0 Å². The highest BCUT2D eigenvalue weighted by atomic mass is 16.2. The first-order valence-corrected chi connectivity index (χ1v) is 3.78. The van der Waals surface area contributed by atoms with Crippen LogP contribution in [0.3, 0.4) is 0 Å². The fraction of sp³-hybridized carbons (Fsp3) is 0.125. The molecule has 0 spiro atoms. The summed E-state index contributed by atoms with van der Waals surface area (Å²) in [6.45, 7) is 0. The Morgan fingerprint density at radius 3 is 2.93 bits per heavy atom. The summed E-state index contributed by atoms with van der Waals surface area (Å²) < 4.78 is 1.91. The monoisotopic (exact) mass is 190 g/mol. The summed E-state index contributed by atoms with van der Waals surface area (Å²) in [5, 5.41) is 0. The van der Waals surface area contributed by atoms with Gasteiger partial charge in [-0.1, -0.05) is 6.42 Å². The highest BCUT2D eigenvalue weighted by Crippen LogP contribution is 1.97. The predicted octanol–water partition coefficient (Wildman–Crippen LogP) is -1.14. The van der Waals surface area contributed by atoms with Crippen LogP contribution in [-0.2, 0) is 7.05 Å². The Morgan fingerprint density at radius 1 is 1.57 bits per heavy atom. The molecule has 1 N–H and O–H groups in total. The predicted molar refractivity (Wildman–Crippen MR) is 49.8 cm³/mol. The largest absolute Gasteiger partial charge is 0.344 e. The fourth-order valence-electron chi connectivity index (χ4n) is 1.25. The van der Waals surface area contributed by atoms with Crippen LogP contribution in [0.1, 0.15) is 0 Å². The number of fused-ring (bicyclic) bond motifs is 1. The normalized spacial score (nSPS) is 10.3. The molecule has 0 aliphatic rings. The smallest absolute Gasteiger partial charge is 0.339 e. The van der Waals surface area contributed by atoms with Gasteiger partial charge in [0.2, 0.25) is 0 Å². The molecule has 6 nitrogen and oxygen atoms in total. The summed E-state index contributed by atoms with van der Waals surface area (Å²) in [5.41, 5.74) is -0.600. The zero-order chi connectivity index (χ0) is 10.3. The summed E-state index contributed by atoms with van der Waals surface area (Å²) in [6, 6.07) is 2.01. The van der Waals surface area contributed by atoms with Crippen LogP contribution in [0, 0.1) is 12.5 Å².